The number of hydrogen-bond donors (Lipinski definition) is 0. The first-order chi connectivity index (χ1) is 12.4. The van der Waals surface area contributed by atoms with E-state index in [1.54, 1.807) is 6.92 Å². The van der Waals surface area contributed by atoms with Crippen molar-refractivity contribution in [2.24, 2.45) is 41.4 Å². The summed E-state index contributed by atoms with van der Waals surface area (Å²) in [5.74, 6) is -4.36. The Morgan fingerprint density at radius 2 is 1.23 bits per heavy atom. The van der Waals surface area contributed by atoms with Crippen molar-refractivity contribution in [2.45, 2.75) is 95.8 Å². The van der Waals surface area contributed by atoms with Crippen molar-refractivity contribution in [2.75, 3.05) is 0 Å². The highest BCUT2D eigenvalue weighted by molar-refractivity contribution is 5.07. The molecular formula is C22H34F4. The maximum atomic E-state index is 15.1. The van der Waals surface area contributed by atoms with Crippen LogP contribution < -0.4 is 0 Å². The molecule has 0 aromatic heterocycles. The Balaban J connectivity index is 1.41. The molecule has 0 amide bonds. The Kier molecular flexibility index (Phi) is 5.33. The fourth-order valence-electron chi connectivity index (χ4n) is 7.16. The monoisotopic (exact) mass is 374 g/mol. The molecule has 0 radical (unpaired) electrons. The van der Waals surface area contributed by atoms with E-state index in [1.165, 1.54) is 32.1 Å². The van der Waals surface area contributed by atoms with E-state index in [9.17, 15) is 8.78 Å². The second-order valence-corrected chi connectivity index (χ2v) is 9.98. The van der Waals surface area contributed by atoms with Crippen LogP contribution >= 0.6 is 0 Å². The number of hydrogen-bond acceptors (Lipinski definition) is 0. The zero-order valence-electron chi connectivity index (χ0n) is 16.0. The molecule has 26 heavy (non-hydrogen) atoms. The van der Waals surface area contributed by atoms with Crippen LogP contribution in [0.5, 0.6) is 0 Å². The normalized spacial score (nSPS) is 49.7. The Bertz CT molecular complexity index is 479. The second-order valence-electron chi connectivity index (χ2n) is 9.98. The summed E-state index contributed by atoms with van der Waals surface area (Å²) in [7, 11) is 0. The zero-order valence-corrected chi connectivity index (χ0v) is 16.0. The minimum Gasteiger partial charge on any atom is -0.244 e. The van der Waals surface area contributed by atoms with E-state index in [2.05, 4.69) is 0 Å². The van der Waals surface area contributed by atoms with Crippen LogP contribution in [0.4, 0.5) is 17.6 Å². The third-order valence-corrected chi connectivity index (χ3v) is 8.57. The molecule has 0 bridgehead atoms. The highest BCUT2D eigenvalue weighted by Crippen LogP contribution is 2.60. The summed E-state index contributed by atoms with van der Waals surface area (Å²) in [6, 6.07) is 0. The molecule has 6 unspecified atom stereocenters. The molecule has 0 spiro atoms. The van der Waals surface area contributed by atoms with Gasteiger partial charge in [-0.15, -0.1) is 0 Å². The Morgan fingerprint density at radius 3 is 1.88 bits per heavy atom. The van der Waals surface area contributed by atoms with Crippen LogP contribution in [-0.2, 0) is 0 Å². The lowest BCUT2D eigenvalue weighted by Crippen LogP contribution is -2.48. The summed E-state index contributed by atoms with van der Waals surface area (Å²) in [6.45, 7) is 1.67. The maximum absolute atomic E-state index is 15.1. The van der Waals surface area contributed by atoms with Crippen molar-refractivity contribution in [3.05, 3.63) is 0 Å². The lowest BCUT2D eigenvalue weighted by molar-refractivity contribution is -0.146. The molecule has 0 N–H and O–H groups in total. The van der Waals surface area contributed by atoms with Gasteiger partial charge in [-0.1, -0.05) is 39.0 Å². The van der Waals surface area contributed by atoms with Gasteiger partial charge in [-0.25, -0.2) is 17.6 Å². The predicted octanol–water partition coefficient (Wildman–Crippen LogP) is 6.98. The van der Waals surface area contributed by atoms with Gasteiger partial charge in [0, 0.05) is 5.92 Å². The number of fused-ring (bicyclic) bond motifs is 1. The first-order valence-corrected chi connectivity index (χ1v) is 11.1. The highest BCUT2D eigenvalue weighted by atomic mass is 19.3. The summed E-state index contributed by atoms with van der Waals surface area (Å²) < 4.78 is 58.8. The third kappa shape index (κ3) is 3.21. The molecule has 0 aromatic rings. The third-order valence-electron chi connectivity index (χ3n) is 8.57. The molecule has 4 heteroatoms. The minimum atomic E-state index is -3.03. The lowest BCUT2D eigenvalue weighted by Gasteiger charge is -2.40. The molecule has 150 valence electrons. The van der Waals surface area contributed by atoms with Crippen LogP contribution in [-0.4, -0.2) is 18.3 Å². The van der Waals surface area contributed by atoms with Gasteiger partial charge in [-0.05, 0) is 68.1 Å². The van der Waals surface area contributed by atoms with Gasteiger partial charge in [0.2, 0.25) is 0 Å². The predicted molar refractivity (Wildman–Crippen MR) is 95.6 cm³/mol. The van der Waals surface area contributed by atoms with Crippen molar-refractivity contribution < 1.29 is 17.6 Å². The molecule has 6 atom stereocenters. The van der Waals surface area contributed by atoms with E-state index in [-0.39, 0.29) is 11.8 Å². The molecule has 4 aliphatic rings. The molecule has 4 saturated carbocycles. The van der Waals surface area contributed by atoms with Crippen LogP contribution in [0.2, 0.25) is 0 Å². The summed E-state index contributed by atoms with van der Waals surface area (Å²) in [4.78, 5) is 0. The van der Waals surface area contributed by atoms with Crippen LogP contribution in [0.25, 0.3) is 0 Å². The first kappa shape index (κ1) is 19.1. The average Bonchev–Trinajstić information content (AvgIpc) is 2.91. The molecule has 0 aliphatic heterocycles. The largest absolute Gasteiger partial charge is 0.257 e. The summed E-state index contributed by atoms with van der Waals surface area (Å²) >= 11 is 0. The number of halogens is 4. The molecular weight excluding hydrogens is 340 g/mol. The summed E-state index contributed by atoms with van der Waals surface area (Å²) in [5, 5.41) is 0. The summed E-state index contributed by atoms with van der Waals surface area (Å²) in [6.07, 6.45) is 7.65. The summed E-state index contributed by atoms with van der Waals surface area (Å²) in [5.41, 5.74) is 0. The standard InChI is InChI=1S/C22H34F4/c1-13-11-17-12-18(22(25,26)19(17)21(24)20(13)23)16-9-7-15(8-10-16)14-5-3-2-4-6-14/h13-21H,2-12H2,1H3. The van der Waals surface area contributed by atoms with Gasteiger partial charge in [0.05, 0.1) is 5.92 Å². The molecule has 4 fully saturated rings. The second kappa shape index (κ2) is 7.28. The van der Waals surface area contributed by atoms with Crippen molar-refractivity contribution in [1.29, 1.82) is 0 Å². The molecule has 0 aromatic carbocycles. The number of rotatable bonds is 2. The van der Waals surface area contributed by atoms with E-state index in [0.29, 0.717) is 18.8 Å². The fraction of sp³-hybridized carbons (Fsp3) is 1.00. The van der Waals surface area contributed by atoms with Gasteiger partial charge in [0.25, 0.3) is 5.92 Å². The molecule has 0 saturated heterocycles. The van der Waals surface area contributed by atoms with E-state index < -0.39 is 36.0 Å². The van der Waals surface area contributed by atoms with Crippen LogP contribution in [0, 0.1) is 41.4 Å². The molecule has 0 heterocycles. The average molecular weight is 375 g/mol. The van der Waals surface area contributed by atoms with Gasteiger partial charge in [0.1, 0.15) is 12.3 Å². The van der Waals surface area contributed by atoms with Crippen LogP contribution in [0.1, 0.15) is 77.6 Å². The van der Waals surface area contributed by atoms with Crippen molar-refractivity contribution in [3.63, 3.8) is 0 Å². The SMILES string of the molecule is CC1CC2CC(C3CCC(C4CCCCC4)CC3)C(F)(F)C2C(F)C1F. The molecule has 0 nitrogen and oxygen atoms in total. The molecule has 4 rings (SSSR count). The van der Waals surface area contributed by atoms with Crippen LogP contribution in [0.3, 0.4) is 0 Å². The Labute approximate surface area is 155 Å². The van der Waals surface area contributed by atoms with Gasteiger partial charge in [-0.3, -0.25) is 0 Å². The topological polar surface area (TPSA) is 0 Å². The van der Waals surface area contributed by atoms with E-state index >= 15 is 8.78 Å². The minimum absolute atomic E-state index is 0.0102. The fourth-order valence-corrected chi connectivity index (χ4v) is 7.16. The van der Waals surface area contributed by atoms with Crippen LogP contribution in [0.15, 0.2) is 0 Å². The van der Waals surface area contributed by atoms with Gasteiger partial charge in [0.15, 0.2) is 0 Å². The van der Waals surface area contributed by atoms with E-state index in [4.69, 9.17) is 0 Å². The first-order valence-electron chi connectivity index (χ1n) is 11.1. The molecule has 4 aliphatic carbocycles. The van der Waals surface area contributed by atoms with Crippen molar-refractivity contribution >= 4 is 0 Å². The van der Waals surface area contributed by atoms with Crippen molar-refractivity contribution in [3.8, 4) is 0 Å². The van der Waals surface area contributed by atoms with Gasteiger partial charge in [-0.2, -0.15) is 0 Å². The maximum Gasteiger partial charge on any atom is 0.257 e. The highest BCUT2D eigenvalue weighted by Gasteiger charge is 2.65. The zero-order chi connectivity index (χ0) is 18.5. The van der Waals surface area contributed by atoms with E-state index in [1.807, 2.05) is 0 Å². The van der Waals surface area contributed by atoms with E-state index in [0.717, 1.165) is 31.6 Å². The quantitative estimate of drug-likeness (QED) is 0.458. The van der Waals surface area contributed by atoms with Gasteiger partial charge < -0.3 is 0 Å². The van der Waals surface area contributed by atoms with Crippen molar-refractivity contribution in [1.82, 2.24) is 0 Å². The van der Waals surface area contributed by atoms with Gasteiger partial charge >= 0.3 is 0 Å². The smallest absolute Gasteiger partial charge is 0.244 e. The lowest BCUT2D eigenvalue weighted by atomic mass is 9.68. The Morgan fingerprint density at radius 1 is 0.654 bits per heavy atom. The number of alkyl halides is 4. The Hall–Kier alpha value is -0.280.